The molecule has 1 aliphatic rings. The van der Waals surface area contributed by atoms with Crippen LogP contribution in [0.3, 0.4) is 0 Å². The van der Waals surface area contributed by atoms with Crippen LogP contribution in [0.25, 0.3) is 17.3 Å². The third-order valence-electron chi connectivity index (χ3n) is 5.61. The van der Waals surface area contributed by atoms with Crippen molar-refractivity contribution < 1.29 is 27.4 Å². The molecule has 1 unspecified atom stereocenters. The Labute approximate surface area is 231 Å². The van der Waals surface area contributed by atoms with Crippen LogP contribution >= 0.6 is 34.8 Å². The number of aliphatic hydroxyl groups excluding tert-OH is 1. The van der Waals surface area contributed by atoms with Crippen molar-refractivity contribution in [2.24, 2.45) is 0 Å². The summed E-state index contributed by atoms with van der Waals surface area (Å²) in [5.74, 6) is -0.545. The SMILES string of the molecule is CC(C)c1nc(N(C)S(C)(=O)=O)nc(-c2ccc(F)cc2)c1C=C[C@@H]1C[C@@H](O)CC(OCC(Cl)(Cl)Cl)O1. The lowest BCUT2D eigenvalue weighted by Crippen LogP contribution is -2.37. The van der Waals surface area contributed by atoms with Crippen LogP contribution in [0.5, 0.6) is 0 Å². The van der Waals surface area contributed by atoms with Crippen molar-refractivity contribution in [2.75, 3.05) is 24.2 Å². The summed E-state index contributed by atoms with van der Waals surface area (Å²) in [6.45, 7) is 3.63. The molecule has 3 rings (SSSR count). The minimum atomic E-state index is -3.63. The van der Waals surface area contributed by atoms with Gasteiger partial charge in [-0.3, -0.25) is 0 Å². The fraction of sp³-hybridized carbons (Fsp3) is 0.500. The van der Waals surface area contributed by atoms with Crippen LogP contribution in [0.4, 0.5) is 10.3 Å². The second-order valence-electron chi connectivity index (χ2n) is 9.08. The third-order valence-corrected chi connectivity index (χ3v) is 7.10. The molecule has 1 N–H and O–H groups in total. The van der Waals surface area contributed by atoms with Crippen LogP contribution in [0, 0.1) is 5.82 Å². The molecular formula is C24H29Cl3FN3O5S. The Balaban J connectivity index is 2.04. The molecular weight excluding hydrogens is 568 g/mol. The van der Waals surface area contributed by atoms with E-state index in [2.05, 4.69) is 9.97 Å². The monoisotopic (exact) mass is 595 g/mol. The Kier molecular flexibility index (Phi) is 9.82. The quantitative estimate of drug-likeness (QED) is 0.425. The highest BCUT2D eigenvalue weighted by Gasteiger charge is 2.31. The maximum Gasteiger partial charge on any atom is 0.239 e. The van der Waals surface area contributed by atoms with Crippen LogP contribution < -0.4 is 4.31 Å². The molecule has 0 saturated carbocycles. The first-order valence-corrected chi connectivity index (χ1v) is 14.4. The number of hydrogen-bond donors (Lipinski definition) is 1. The molecule has 37 heavy (non-hydrogen) atoms. The Morgan fingerprint density at radius 3 is 2.46 bits per heavy atom. The molecule has 2 aromatic rings. The number of nitrogens with zero attached hydrogens (tertiary/aromatic N) is 3. The van der Waals surface area contributed by atoms with Gasteiger partial charge in [0.25, 0.3) is 0 Å². The number of anilines is 1. The Morgan fingerprint density at radius 2 is 1.89 bits per heavy atom. The highest BCUT2D eigenvalue weighted by atomic mass is 35.6. The van der Waals surface area contributed by atoms with E-state index in [4.69, 9.17) is 44.3 Å². The van der Waals surface area contributed by atoms with E-state index < -0.39 is 38.1 Å². The average molecular weight is 597 g/mol. The molecule has 204 valence electrons. The van der Waals surface area contributed by atoms with Crippen molar-refractivity contribution in [1.29, 1.82) is 0 Å². The van der Waals surface area contributed by atoms with E-state index in [9.17, 15) is 17.9 Å². The maximum atomic E-state index is 13.7. The fourth-order valence-corrected chi connectivity index (χ4v) is 4.28. The molecule has 1 aliphatic heterocycles. The summed E-state index contributed by atoms with van der Waals surface area (Å²) in [7, 11) is -2.27. The number of hydrogen-bond acceptors (Lipinski definition) is 7. The molecule has 13 heteroatoms. The van der Waals surface area contributed by atoms with Crippen LogP contribution in [0.2, 0.25) is 0 Å². The van der Waals surface area contributed by atoms with Gasteiger partial charge in [-0.25, -0.2) is 27.1 Å². The first-order valence-electron chi connectivity index (χ1n) is 11.5. The zero-order chi connectivity index (χ0) is 27.5. The zero-order valence-corrected chi connectivity index (χ0v) is 23.8. The van der Waals surface area contributed by atoms with Gasteiger partial charge in [-0.1, -0.05) is 60.8 Å². The Bertz CT molecular complexity index is 1220. The first-order chi connectivity index (χ1) is 17.1. The standard InChI is InChI=1S/C24H29Cl3FN3O5S/c1-14(2)21-19(10-9-18-11-17(32)12-20(36-18)35-13-24(25,26)27)22(15-5-7-16(28)8-6-15)30-23(29-21)31(3)37(4,33)34/h5-10,14,17-18,20,32H,11-13H2,1-4H3/t17-,18-,20?/m1/s1. The summed E-state index contributed by atoms with van der Waals surface area (Å²) in [5, 5.41) is 10.3. The number of aliphatic hydroxyl groups is 1. The van der Waals surface area contributed by atoms with E-state index in [0.29, 0.717) is 28.9 Å². The minimum Gasteiger partial charge on any atom is -0.393 e. The van der Waals surface area contributed by atoms with Gasteiger partial charge in [-0.05, 0) is 30.2 Å². The van der Waals surface area contributed by atoms with Gasteiger partial charge >= 0.3 is 0 Å². The molecule has 0 bridgehead atoms. The Hall–Kier alpha value is -1.53. The number of benzene rings is 1. The number of halogens is 4. The maximum absolute atomic E-state index is 13.7. The summed E-state index contributed by atoms with van der Waals surface area (Å²) in [6, 6.07) is 5.72. The summed E-state index contributed by atoms with van der Waals surface area (Å²) < 4.78 is 48.9. The first kappa shape index (κ1) is 30.0. The molecule has 1 aromatic heterocycles. The van der Waals surface area contributed by atoms with Gasteiger partial charge < -0.3 is 14.6 Å². The highest BCUT2D eigenvalue weighted by Crippen LogP contribution is 2.33. The second kappa shape index (κ2) is 12.1. The van der Waals surface area contributed by atoms with Crippen LogP contribution in [-0.2, 0) is 19.5 Å². The van der Waals surface area contributed by atoms with Crippen molar-refractivity contribution in [1.82, 2.24) is 9.97 Å². The van der Waals surface area contributed by atoms with E-state index >= 15 is 0 Å². The molecule has 3 atom stereocenters. The molecule has 1 fully saturated rings. The van der Waals surface area contributed by atoms with Crippen LogP contribution in [0.15, 0.2) is 30.3 Å². The second-order valence-corrected chi connectivity index (χ2v) is 13.6. The van der Waals surface area contributed by atoms with Gasteiger partial charge in [-0.2, -0.15) is 0 Å². The summed E-state index contributed by atoms with van der Waals surface area (Å²) in [4.78, 5) is 9.08. The number of ether oxygens (including phenoxy) is 2. The van der Waals surface area contributed by atoms with Gasteiger partial charge in [0, 0.05) is 31.0 Å². The number of sulfonamides is 1. The highest BCUT2D eigenvalue weighted by molar-refractivity contribution is 7.92. The van der Waals surface area contributed by atoms with Gasteiger partial charge in [0.15, 0.2) is 6.29 Å². The summed E-state index contributed by atoms with van der Waals surface area (Å²) >= 11 is 17.3. The average Bonchev–Trinajstić information content (AvgIpc) is 2.79. The van der Waals surface area contributed by atoms with E-state index in [-0.39, 0.29) is 24.9 Å². The molecule has 0 radical (unpaired) electrons. The van der Waals surface area contributed by atoms with E-state index in [1.165, 1.54) is 19.2 Å². The zero-order valence-electron chi connectivity index (χ0n) is 20.7. The lowest BCUT2D eigenvalue weighted by atomic mass is 9.97. The van der Waals surface area contributed by atoms with E-state index in [1.807, 2.05) is 13.8 Å². The van der Waals surface area contributed by atoms with Crippen molar-refractivity contribution in [3.8, 4) is 11.3 Å². The topological polar surface area (TPSA) is 102 Å². The lowest BCUT2D eigenvalue weighted by molar-refractivity contribution is -0.203. The number of alkyl halides is 3. The van der Waals surface area contributed by atoms with Gasteiger partial charge in [0.2, 0.25) is 19.8 Å². The summed E-state index contributed by atoms with van der Waals surface area (Å²) in [6.07, 6.45) is 3.07. The van der Waals surface area contributed by atoms with Crippen molar-refractivity contribution in [2.45, 2.75) is 54.9 Å². The lowest BCUT2D eigenvalue weighted by Gasteiger charge is -2.32. The predicted octanol–water partition coefficient (Wildman–Crippen LogP) is 5.07. The van der Waals surface area contributed by atoms with Crippen LogP contribution in [0.1, 0.15) is 43.9 Å². The molecule has 0 aliphatic carbocycles. The molecule has 1 saturated heterocycles. The van der Waals surface area contributed by atoms with Gasteiger partial charge in [0.05, 0.1) is 36.5 Å². The molecule has 8 nitrogen and oxygen atoms in total. The number of rotatable bonds is 8. The van der Waals surface area contributed by atoms with E-state index in [0.717, 1.165) is 10.6 Å². The smallest absolute Gasteiger partial charge is 0.239 e. The molecule has 2 heterocycles. The largest absolute Gasteiger partial charge is 0.393 e. The van der Waals surface area contributed by atoms with Crippen molar-refractivity contribution >= 4 is 56.9 Å². The normalized spacial score (nSPS) is 21.1. The van der Waals surface area contributed by atoms with Crippen molar-refractivity contribution in [3.05, 3.63) is 47.4 Å². The third kappa shape index (κ3) is 8.48. The molecule has 1 aromatic carbocycles. The Morgan fingerprint density at radius 1 is 1.24 bits per heavy atom. The predicted molar refractivity (Wildman–Crippen MR) is 144 cm³/mol. The van der Waals surface area contributed by atoms with Crippen molar-refractivity contribution in [3.63, 3.8) is 0 Å². The van der Waals surface area contributed by atoms with Crippen LogP contribution in [-0.4, -0.2) is 65.7 Å². The molecule has 0 amide bonds. The van der Waals surface area contributed by atoms with Gasteiger partial charge in [0.1, 0.15) is 5.82 Å². The fourth-order valence-electron chi connectivity index (χ4n) is 3.71. The summed E-state index contributed by atoms with van der Waals surface area (Å²) in [5.41, 5.74) is 2.17. The van der Waals surface area contributed by atoms with Gasteiger partial charge in [-0.15, -0.1) is 0 Å². The number of aromatic nitrogens is 2. The minimum absolute atomic E-state index is 0.00724. The molecule has 0 spiro atoms. The van der Waals surface area contributed by atoms with E-state index in [1.54, 1.807) is 24.3 Å².